The van der Waals surface area contributed by atoms with Gasteiger partial charge >= 0.3 is 0 Å². The molecule has 0 aliphatic carbocycles. The summed E-state index contributed by atoms with van der Waals surface area (Å²) < 4.78 is 0. The molecule has 2 N–H and O–H groups in total. The van der Waals surface area contributed by atoms with E-state index in [1.165, 1.54) is 11.1 Å². The second-order valence-corrected chi connectivity index (χ2v) is 6.37. The molecule has 0 aliphatic heterocycles. The number of benzene rings is 2. The highest BCUT2D eigenvalue weighted by atomic mass is 32.1. The van der Waals surface area contributed by atoms with Crippen molar-refractivity contribution in [3.8, 4) is 0 Å². The van der Waals surface area contributed by atoms with Gasteiger partial charge in [-0.3, -0.25) is 0 Å². The average molecular weight is 347 g/mol. The SMILES string of the molecule is Cc1cccc(NC(=S)NC(c2ccccc2)c2ccccc2C)n1. The second-order valence-electron chi connectivity index (χ2n) is 5.96. The number of aromatic nitrogens is 1. The molecule has 0 aliphatic rings. The van der Waals surface area contributed by atoms with E-state index in [9.17, 15) is 0 Å². The van der Waals surface area contributed by atoms with Gasteiger partial charge in [0, 0.05) is 5.69 Å². The van der Waals surface area contributed by atoms with Crippen LogP contribution in [0.5, 0.6) is 0 Å². The number of aryl methyl sites for hydroxylation is 2. The third-order valence-electron chi connectivity index (χ3n) is 4.04. The lowest BCUT2D eigenvalue weighted by Gasteiger charge is -2.23. The van der Waals surface area contributed by atoms with Crippen molar-refractivity contribution in [1.82, 2.24) is 10.3 Å². The van der Waals surface area contributed by atoms with Gasteiger partial charge in [-0.1, -0.05) is 60.7 Å². The largest absolute Gasteiger partial charge is 0.351 e. The molecule has 25 heavy (non-hydrogen) atoms. The van der Waals surface area contributed by atoms with E-state index in [1.54, 1.807) is 0 Å². The molecule has 1 atom stereocenters. The molecule has 4 heteroatoms. The maximum absolute atomic E-state index is 5.54. The van der Waals surface area contributed by atoms with E-state index >= 15 is 0 Å². The quantitative estimate of drug-likeness (QED) is 0.666. The summed E-state index contributed by atoms with van der Waals surface area (Å²) in [6.45, 7) is 4.08. The Morgan fingerprint density at radius 1 is 0.880 bits per heavy atom. The first-order valence-electron chi connectivity index (χ1n) is 8.25. The Hall–Kier alpha value is -2.72. The fourth-order valence-electron chi connectivity index (χ4n) is 2.79. The normalized spacial score (nSPS) is 11.6. The first-order valence-corrected chi connectivity index (χ1v) is 8.66. The van der Waals surface area contributed by atoms with Crippen LogP contribution in [0.4, 0.5) is 5.82 Å². The zero-order chi connectivity index (χ0) is 17.6. The van der Waals surface area contributed by atoms with Gasteiger partial charge in [-0.25, -0.2) is 4.98 Å². The fraction of sp³-hybridized carbons (Fsp3) is 0.143. The van der Waals surface area contributed by atoms with Crippen molar-refractivity contribution in [2.24, 2.45) is 0 Å². The van der Waals surface area contributed by atoms with Gasteiger partial charge < -0.3 is 10.6 Å². The molecule has 2 aromatic carbocycles. The smallest absolute Gasteiger partial charge is 0.172 e. The summed E-state index contributed by atoms with van der Waals surface area (Å²) in [5, 5.41) is 7.17. The number of nitrogens with one attached hydrogen (secondary N) is 2. The highest BCUT2D eigenvalue weighted by Gasteiger charge is 2.17. The van der Waals surface area contributed by atoms with Crippen LogP contribution in [-0.2, 0) is 0 Å². The maximum atomic E-state index is 5.54. The van der Waals surface area contributed by atoms with E-state index in [2.05, 4.69) is 52.9 Å². The zero-order valence-electron chi connectivity index (χ0n) is 14.4. The first-order chi connectivity index (χ1) is 12.1. The van der Waals surface area contributed by atoms with Crippen LogP contribution >= 0.6 is 12.2 Å². The van der Waals surface area contributed by atoms with Crippen molar-refractivity contribution in [1.29, 1.82) is 0 Å². The topological polar surface area (TPSA) is 37.0 Å². The molecule has 0 saturated carbocycles. The van der Waals surface area contributed by atoms with Crippen molar-refractivity contribution in [3.63, 3.8) is 0 Å². The van der Waals surface area contributed by atoms with E-state index in [0.29, 0.717) is 5.11 Å². The monoisotopic (exact) mass is 347 g/mol. The molecule has 1 unspecified atom stereocenters. The third kappa shape index (κ3) is 4.43. The molecule has 126 valence electrons. The van der Waals surface area contributed by atoms with Crippen molar-refractivity contribution < 1.29 is 0 Å². The van der Waals surface area contributed by atoms with Crippen LogP contribution in [0.3, 0.4) is 0 Å². The van der Waals surface area contributed by atoms with E-state index in [-0.39, 0.29) is 6.04 Å². The van der Waals surface area contributed by atoms with E-state index in [4.69, 9.17) is 12.2 Å². The van der Waals surface area contributed by atoms with Crippen LogP contribution in [0.25, 0.3) is 0 Å². The lowest BCUT2D eigenvalue weighted by Crippen LogP contribution is -2.33. The van der Waals surface area contributed by atoms with Crippen LogP contribution in [0, 0.1) is 13.8 Å². The molecule has 3 rings (SSSR count). The summed E-state index contributed by atoms with van der Waals surface area (Å²) in [6, 6.07) is 24.5. The minimum Gasteiger partial charge on any atom is -0.351 e. The summed E-state index contributed by atoms with van der Waals surface area (Å²) >= 11 is 5.54. The van der Waals surface area contributed by atoms with Crippen LogP contribution in [-0.4, -0.2) is 10.1 Å². The lowest BCUT2D eigenvalue weighted by molar-refractivity contribution is 0.762. The maximum Gasteiger partial charge on any atom is 0.172 e. The van der Waals surface area contributed by atoms with E-state index < -0.39 is 0 Å². The molecule has 3 aromatic rings. The van der Waals surface area contributed by atoms with Crippen molar-refractivity contribution in [2.45, 2.75) is 19.9 Å². The highest BCUT2D eigenvalue weighted by Crippen LogP contribution is 2.25. The number of hydrogen-bond acceptors (Lipinski definition) is 2. The van der Waals surface area contributed by atoms with Gasteiger partial charge in [0.1, 0.15) is 5.82 Å². The molecule has 0 spiro atoms. The van der Waals surface area contributed by atoms with Crippen LogP contribution < -0.4 is 10.6 Å². The van der Waals surface area contributed by atoms with Crippen LogP contribution in [0.2, 0.25) is 0 Å². The Balaban J connectivity index is 1.85. The minimum absolute atomic E-state index is 0.0211. The van der Waals surface area contributed by atoms with Crippen molar-refractivity contribution in [2.75, 3.05) is 5.32 Å². The molecule has 0 bridgehead atoms. The Morgan fingerprint density at radius 2 is 1.60 bits per heavy atom. The highest BCUT2D eigenvalue weighted by molar-refractivity contribution is 7.80. The lowest BCUT2D eigenvalue weighted by atomic mass is 9.95. The Labute approximate surface area is 154 Å². The molecule has 0 saturated heterocycles. The van der Waals surface area contributed by atoms with Crippen molar-refractivity contribution >= 4 is 23.1 Å². The Bertz CT molecular complexity index is 862. The summed E-state index contributed by atoms with van der Waals surface area (Å²) in [6.07, 6.45) is 0. The van der Waals surface area contributed by atoms with Crippen LogP contribution in [0.1, 0.15) is 28.4 Å². The predicted octanol–water partition coefficient (Wildman–Crippen LogP) is 4.77. The standard InChI is InChI=1S/C21H21N3S/c1-15-9-6-7-13-18(15)20(17-11-4-3-5-12-17)24-21(25)23-19-14-8-10-16(2)22-19/h3-14,20H,1-2H3,(H2,22,23,24,25). The van der Waals surface area contributed by atoms with Crippen LogP contribution in [0.15, 0.2) is 72.8 Å². The molecule has 0 fully saturated rings. The fourth-order valence-corrected chi connectivity index (χ4v) is 3.02. The van der Waals surface area contributed by atoms with Crippen molar-refractivity contribution in [3.05, 3.63) is 95.2 Å². The third-order valence-corrected chi connectivity index (χ3v) is 4.26. The van der Waals surface area contributed by atoms with E-state index in [1.807, 2.05) is 49.4 Å². The molecule has 1 aromatic heterocycles. The number of anilines is 1. The Kier molecular flexibility index (Phi) is 5.41. The van der Waals surface area contributed by atoms with Gasteiger partial charge in [-0.05, 0) is 54.9 Å². The van der Waals surface area contributed by atoms with Gasteiger partial charge in [-0.2, -0.15) is 0 Å². The summed E-state index contributed by atoms with van der Waals surface area (Å²) in [4.78, 5) is 4.44. The van der Waals surface area contributed by atoms with Gasteiger partial charge in [0.25, 0.3) is 0 Å². The number of rotatable bonds is 4. The summed E-state index contributed by atoms with van der Waals surface area (Å²) in [5.41, 5.74) is 4.54. The van der Waals surface area contributed by atoms with Gasteiger partial charge in [0.2, 0.25) is 0 Å². The minimum atomic E-state index is -0.0211. The Morgan fingerprint density at radius 3 is 2.32 bits per heavy atom. The van der Waals surface area contributed by atoms with E-state index in [0.717, 1.165) is 17.1 Å². The molecule has 0 radical (unpaired) electrons. The predicted molar refractivity (Wildman–Crippen MR) is 108 cm³/mol. The van der Waals surface area contributed by atoms with Gasteiger partial charge in [0.05, 0.1) is 6.04 Å². The molecule has 1 heterocycles. The molecular weight excluding hydrogens is 326 g/mol. The second kappa shape index (κ2) is 7.90. The zero-order valence-corrected chi connectivity index (χ0v) is 15.2. The van der Waals surface area contributed by atoms with Gasteiger partial charge in [0.15, 0.2) is 5.11 Å². The number of thiocarbonyl (C=S) groups is 1. The summed E-state index contributed by atoms with van der Waals surface area (Å²) in [5.74, 6) is 0.745. The average Bonchev–Trinajstić information content (AvgIpc) is 2.61. The first kappa shape index (κ1) is 17.1. The molecular formula is C21H21N3S. The molecule has 3 nitrogen and oxygen atoms in total. The van der Waals surface area contributed by atoms with Gasteiger partial charge in [-0.15, -0.1) is 0 Å². The summed E-state index contributed by atoms with van der Waals surface area (Å²) in [7, 11) is 0. The molecule has 0 amide bonds. The number of hydrogen-bond donors (Lipinski definition) is 2. The number of nitrogens with zero attached hydrogens (tertiary/aromatic N) is 1. The number of pyridine rings is 1.